The Kier molecular flexibility index (Phi) is 18.4. The molecule has 5 atom stereocenters. The van der Waals surface area contributed by atoms with Crippen LogP contribution in [-0.4, -0.2) is 125 Å². The molecule has 0 aliphatic carbocycles. The third-order valence-electron chi connectivity index (χ3n) is 5.39. The number of amides is 5. The molecule has 0 aliphatic heterocycles. The van der Waals surface area contributed by atoms with Crippen molar-refractivity contribution in [2.24, 2.45) is 22.2 Å². The predicted molar refractivity (Wildman–Crippen MR) is 149 cm³/mol. The van der Waals surface area contributed by atoms with Crippen LogP contribution >= 0.6 is 11.8 Å². The van der Waals surface area contributed by atoms with Crippen LogP contribution in [0.4, 0.5) is 0 Å². The molecule has 0 saturated heterocycles. The van der Waals surface area contributed by atoms with Gasteiger partial charge in [0.1, 0.15) is 30.2 Å². The van der Waals surface area contributed by atoms with Gasteiger partial charge in [-0.3, -0.25) is 29.0 Å². The minimum atomic E-state index is -1.54. The second kappa shape index (κ2) is 20.2. The molecule has 19 heteroatoms. The first-order chi connectivity index (χ1) is 19.3. The van der Waals surface area contributed by atoms with Gasteiger partial charge < -0.3 is 59.1 Å². The number of nitrogens with one attached hydrogen (secondary N) is 5. The lowest BCUT2D eigenvalue weighted by Gasteiger charge is -2.25. The lowest BCUT2D eigenvalue weighted by molar-refractivity contribution is -0.142. The molecule has 0 aromatic rings. The number of thioether (sulfide) groups is 1. The van der Waals surface area contributed by atoms with Crippen molar-refractivity contribution < 1.29 is 44.1 Å². The Bertz CT molecular complexity index is 934. The first kappa shape index (κ1) is 37.3. The molecular weight excluding hydrogens is 566 g/mol. The van der Waals surface area contributed by atoms with E-state index < -0.39 is 85.5 Å². The fraction of sp³-hybridized carbons (Fsp3) is 0.682. The normalized spacial score (nSPS) is 14.3. The summed E-state index contributed by atoms with van der Waals surface area (Å²) < 4.78 is 0. The zero-order chi connectivity index (χ0) is 31.5. The van der Waals surface area contributed by atoms with Gasteiger partial charge in [-0.15, -0.1) is 0 Å². The highest BCUT2D eigenvalue weighted by Crippen LogP contribution is 2.04. The van der Waals surface area contributed by atoms with Gasteiger partial charge in [-0.25, -0.2) is 4.79 Å². The van der Waals surface area contributed by atoms with Crippen LogP contribution in [0.3, 0.4) is 0 Å². The topological polar surface area (TPSA) is 314 Å². The number of nitrogens with zero attached hydrogens (tertiary/aromatic N) is 1. The van der Waals surface area contributed by atoms with Gasteiger partial charge in [-0.2, -0.15) is 11.8 Å². The van der Waals surface area contributed by atoms with Crippen molar-refractivity contribution in [3.8, 4) is 0 Å². The number of aliphatic imine (C=N–C) groups is 1. The summed E-state index contributed by atoms with van der Waals surface area (Å²) in [4.78, 5) is 77.3. The van der Waals surface area contributed by atoms with Crippen molar-refractivity contribution in [3.05, 3.63) is 0 Å². The number of aliphatic carboxylic acids is 1. The summed E-state index contributed by atoms with van der Waals surface area (Å²) in [7, 11) is 0. The molecule has 0 unspecified atom stereocenters. The molecule has 234 valence electrons. The van der Waals surface area contributed by atoms with Crippen LogP contribution < -0.4 is 43.8 Å². The lowest BCUT2D eigenvalue weighted by atomic mass is 10.1. The van der Waals surface area contributed by atoms with Crippen molar-refractivity contribution in [3.63, 3.8) is 0 Å². The summed E-state index contributed by atoms with van der Waals surface area (Å²) in [5.41, 5.74) is 15.6. The first-order valence-corrected chi connectivity index (χ1v) is 13.9. The molecule has 0 rings (SSSR count). The van der Waals surface area contributed by atoms with E-state index in [0.717, 1.165) is 0 Å². The van der Waals surface area contributed by atoms with E-state index in [1.54, 1.807) is 6.26 Å². The maximum Gasteiger partial charge on any atom is 0.326 e. The molecule has 0 aromatic carbocycles. The number of hydrogen-bond acceptors (Lipinski definition) is 11. The molecule has 0 radical (unpaired) electrons. The Balaban J connectivity index is 5.32. The molecule has 0 fully saturated rings. The van der Waals surface area contributed by atoms with Crippen LogP contribution in [0.1, 0.15) is 26.2 Å². The summed E-state index contributed by atoms with van der Waals surface area (Å²) in [6, 6.07) is -6.65. The van der Waals surface area contributed by atoms with Crippen LogP contribution in [0.5, 0.6) is 0 Å². The van der Waals surface area contributed by atoms with E-state index in [-0.39, 0.29) is 31.8 Å². The SMILES string of the molecule is CSCC[C@H](NC(=O)[C@H](C)NC(=O)[C@H](CO)NC(=O)CN)C(=O)N[C@@H](CO)C(=O)N[C@@H](CCCN=C(N)N)C(=O)O. The molecule has 18 nitrogen and oxygen atoms in total. The van der Waals surface area contributed by atoms with Gasteiger partial charge in [-0.1, -0.05) is 0 Å². The number of aliphatic hydroxyl groups is 2. The van der Waals surface area contributed by atoms with Gasteiger partial charge in [0.25, 0.3) is 0 Å². The van der Waals surface area contributed by atoms with Gasteiger partial charge >= 0.3 is 5.97 Å². The average Bonchev–Trinajstić information content (AvgIpc) is 2.92. The van der Waals surface area contributed by atoms with Crippen molar-refractivity contribution in [1.82, 2.24) is 26.6 Å². The minimum Gasteiger partial charge on any atom is -0.480 e. The fourth-order valence-corrected chi connectivity index (χ4v) is 3.60. The van der Waals surface area contributed by atoms with E-state index in [1.165, 1.54) is 18.7 Å². The Morgan fingerprint density at radius 1 is 0.780 bits per heavy atom. The summed E-state index contributed by atoms with van der Waals surface area (Å²) in [6.45, 7) is -0.617. The third kappa shape index (κ3) is 15.0. The fourth-order valence-electron chi connectivity index (χ4n) is 3.13. The number of nitrogens with two attached hydrogens (primary N) is 3. The van der Waals surface area contributed by atoms with Crippen LogP contribution in [0.25, 0.3) is 0 Å². The number of carbonyl (C=O) groups excluding carboxylic acids is 5. The van der Waals surface area contributed by atoms with E-state index in [9.17, 15) is 44.1 Å². The maximum atomic E-state index is 12.9. The molecule has 14 N–H and O–H groups in total. The van der Waals surface area contributed by atoms with Crippen molar-refractivity contribution in [1.29, 1.82) is 0 Å². The molecule has 0 spiro atoms. The largest absolute Gasteiger partial charge is 0.480 e. The average molecular weight is 608 g/mol. The van der Waals surface area contributed by atoms with Crippen LogP contribution in [0.15, 0.2) is 4.99 Å². The van der Waals surface area contributed by atoms with Gasteiger partial charge in [0.15, 0.2) is 5.96 Å². The summed E-state index contributed by atoms with van der Waals surface area (Å²) in [6.07, 6.45) is 2.05. The number of aliphatic hydroxyl groups excluding tert-OH is 2. The summed E-state index contributed by atoms with van der Waals surface area (Å²) in [5.74, 6) is -5.29. The molecule has 41 heavy (non-hydrogen) atoms. The summed E-state index contributed by atoms with van der Waals surface area (Å²) in [5, 5.41) is 39.9. The second-order valence-corrected chi connectivity index (χ2v) is 9.66. The molecule has 0 heterocycles. The Labute approximate surface area is 241 Å². The second-order valence-electron chi connectivity index (χ2n) is 8.67. The monoisotopic (exact) mass is 607 g/mol. The van der Waals surface area contributed by atoms with Crippen LogP contribution in [0, 0.1) is 0 Å². The van der Waals surface area contributed by atoms with E-state index in [4.69, 9.17) is 17.2 Å². The number of rotatable bonds is 20. The highest BCUT2D eigenvalue weighted by Gasteiger charge is 2.30. The van der Waals surface area contributed by atoms with Crippen LogP contribution in [-0.2, 0) is 28.8 Å². The highest BCUT2D eigenvalue weighted by atomic mass is 32.2. The van der Waals surface area contributed by atoms with Crippen LogP contribution in [0.2, 0.25) is 0 Å². The molecule has 5 amide bonds. The maximum absolute atomic E-state index is 12.9. The highest BCUT2D eigenvalue weighted by molar-refractivity contribution is 7.98. The van der Waals surface area contributed by atoms with Crippen molar-refractivity contribution >= 4 is 53.2 Å². The van der Waals surface area contributed by atoms with Gasteiger partial charge in [0, 0.05) is 6.54 Å². The van der Waals surface area contributed by atoms with E-state index in [2.05, 4.69) is 31.6 Å². The Morgan fingerprint density at radius 3 is 1.80 bits per heavy atom. The lowest BCUT2D eigenvalue weighted by Crippen LogP contribution is -2.59. The van der Waals surface area contributed by atoms with E-state index in [0.29, 0.717) is 5.75 Å². The quantitative estimate of drug-likeness (QED) is 0.0349. The zero-order valence-electron chi connectivity index (χ0n) is 22.9. The molecule has 0 aromatic heterocycles. The molecule has 0 bridgehead atoms. The van der Waals surface area contributed by atoms with E-state index >= 15 is 0 Å². The number of guanidine groups is 1. The number of carbonyl (C=O) groups is 6. The van der Waals surface area contributed by atoms with Gasteiger partial charge in [-0.05, 0) is 38.2 Å². The summed E-state index contributed by atoms with van der Waals surface area (Å²) >= 11 is 1.36. The third-order valence-corrected chi connectivity index (χ3v) is 6.03. The van der Waals surface area contributed by atoms with Gasteiger partial charge in [0.05, 0.1) is 19.8 Å². The van der Waals surface area contributed by atoms with Gasteiger partial charge in [0.2, 0.25) is 29.5 Å². The Morgan fingerprint density at radius 2 is 1.29 bits per heavy atom. The predicted octanol–water partition coefficient (Wildman–Crippen LogP) is -5.74. The Hall–Kier alpha value is -3.68. The molecule has 0 saturated carbocycles. The van der Waals surface area contributed by atoms with Crippen molar-refractivity contribution in [2.45, 2.75) is 56.4 Å². The standard InChI is InChI=1S/C22H41N9O9S/c1-11(27-19(37)14(9-32)28-16(34)8-23)17(35)29-12(5-7-41-2)18(36)31-15(10-33)20(38)30-13(21(39)40)4-3-6-26-22(24)25/h11-15,32-33H,3-10,23H2,1-2H3,(H,27,37)(H,28,34)(H,29,35)(H,30,38)(H,31,36)(H,39,40)(H4,24,25,26)/t11-,12-,13-,14-,15-/m0/s1. The number of hydrogen-bond donors (Lipinski definition) is 11. The number of carboxylic acids is 1. The van der Waals surface area contributed by atoms with Crippen molar-refractivity contribution in [2.75, 3.05) is 38.3 Å². The first-order valence-electron chi connectivity index (χ1n) is 12.5. The van der Waals surface area contributed by atoms with E-state index in [1.807, 2.05) is 0 Å². The zero-order valence-corrected chi connectivity index (χ0v) is 23.7. The minimum absolute atomic E-state index is 0.0347. The number of carboxylic acid groups (broad SMARTS) is 1. The molecule has 0 aliphatic rings. The smallest absolute Gasteiger partial charge is 0.326 e. The molecular formula is C22H41N9O9S.